The average Bonchev–Trinajstić information content (AvgIpc) is 3.07. The van der Waals surface area contributed by atoms with Crippen molar-refractivity contribution in [3.8, 4) is 12.3 Å². The van der Waals surface area contributed by atoms with E-state index in [9.17, 15) is 10.2 Å². The summed E-state index contributed by atoms with van der Waals surface area (Å²) in [5.74, 6) is 6.66. The van der Waals surface area contributed by atoms with Crippen LogP contribution in [-0.2, 0) is 0 Å². The molecule has 180 valence electrons. The monoisotopic (exact) mass is 440 g/mol. The molecule has 4 unspecified atom stereocenters. The maximum atomic E-state index is 10.8. The van der Waals surface area contributed by atoms with E-state index >= 15 is 0 Å². The molecule has 2 N–H and O–H groups in total. The number of fused-ring (bicyclic) bond motifs is 5. The lowest BCUT2D eigenvalue weighted by atomic mass is 9.43. The molecule has 0 spiro atoms. The number of allylic oxidation sites excluding steroid dienone is 1. The third kappa shape index (κ3) is 3.71. The number of aliphatic hydroxyl groups excluding tert-OH is 1. The van der Waals surface area contributed by atoms with Crippen LogP contribution in [0.15, 0.2) is 11.6 Å². The topological polar surface area (TPSA) is 40.5 Å². The van der Waals surface area contributed by atoms with Gasteiger partial charge in [-0.2, -0.15) is 0 Å². The second-order valence-corrected chi connectivity index (χ2v) is 13.5. The second-order valence-electron chi connectivity index (χ2n) is 13.5. The number of aliphatic hydroxyl groups is 2. The van der Waals surface area contributed by atoms with Crippen molar-refractivity contribution in [2.24, 2.45) is 45.8 Å². The zero-order valence-electron chi connectivity index (χ0n) is 21.6. The predicted octanol–water partition coefficient (Wildman–Crippen LogP) is 6.75. The van der Waals surface area contributed by atoms with Gasteiger partial charge in [0, 0.05) is 0 Å². The van der Waals surface area contributed by atoms with Crippen molar-refractivity contribution in [2.45, 2.75) is 117 Å². The van der Waals surface area contributed by atoms with Gasteiger partial charge in [0.1, 0.15) is 0 Å². The van der Waals surface area contributed by atoms with Crippen LogP contribution in [0.1, 0.15) is 106 Å². The molecule has 3 saturated carbocycles. The van der Waals surface area contributed by atoms with Crippen LogP contribution < -0.4 is 0 Å². The Labute approximate surface area is 197 Å². The van der Waals surface area contributed by atoms with E-state index in [4.69, 9.17) is 6.42 Å². The van der Waals surface area contributed by atoms with Crippen molar-refractivity contribution in [3.63, 3.8) is 0 Å². The molecule has 32 heavy (non-hydrogen) atoms. The highest BCUT2D eigenvalue weighted by molar-refractivity contribution is 5.36. The van der Waals surface area contributed by atoms with Gasteiger partial charge in [-0.05, 0) is 113 Å². The van der Waals surface area contributed by atoms with E-state index in [-0.39, 0.29) is 0 Å². The van der Waals surface area contributed by atoms with Gasteiger partial charge in [0.25, 0.3) is 0 Å². The summed E-state index contributed by atoms with van der Waals surface area (Å²) < 4.78 is 0. The molecule has 0 aliphatic heterocycles. The maximum Gasteiger partial charge on any atom is 0.0753 e. The zero-order chi connectivity index (χ0) is 23.5. The Balaban J connectivity index is 1.54. The first kappa shape index (κ1) is 24.3. The molecule has 4 rings (SSSR count). The van der Waals surface area contributed by atoms with Crippen LogP contribution in [0.4, 0.5) is 0 Å². The van der Waals surface area contributed by atoms with Gasteiger partial charge in [0.15, 0.2) is 0 Å². The van der Waals surface area contributed by atoms with Crippen LogP contribution >= 0.6 is 0 Å². The lowest BCUT2D eigenvalue weighted by Gasteiger charge is -2.61. The van der Waals surface area contributed by atoms with E-state index in [0.717, 1.165) is 55.8 Å². The van der Waals surface area contributed by atoms with Crippen LogP contribution in [0.3, 0.4) is 0 Å². The van der Waals surface area contributed by atoms with Gasteiger partial charge in [0.2, 0.25) is 0 Å². The van der Waals surface area contributed by atoms with Gasteiger partial charge in [-0.15, -0.1) is 6.42 Å². The van der Waals surface area contributed by atoms with Crippen molar-refractivity contribution < 1.29 is 10.2 Å². The Morgan fingerprint density at radius 1 is 1.09 bits per heavy atom. The summed E-state index contributed by atoms with van der Waals surface area (Å²) in [5, 5.41) is 20.9. The Kier molecular flexibility index (Phi) is 6.21. The molecule has 0 radical (unpaired) electrons. The molecule has 0 aromatic carbocycles. The summed E-state index contributed by atoms with van der Waals surface area (Å²) in [6.07, 6.45) is 19.8. The fourth-order valence-corrected chi connectivity index (χ4v) is 9.16. The molecule has 0 aromatic heterocycles. The molecule has 9 atom stereocenters. The summed E-state index contributed by atoms with van der Waals surface area (Å²) in [7, 11) is 0. The highest BCUT2D eigenvalue weighted by atomic mass is 16.3. The Morgan fingerprint density at radius 3 is 2.44 bits per heavy atom. The minimum absolute atomic E-state index is 0.325. The molecule has 0 heterocycles. The smallest absolute Gasteiger partial charge is 0.0753 e. The normalized spacial score (nSPS) is 47.0. The predicted molar refractivity (Wildman–Crippen MR) is 133 cm³/mol. The summed E-state index contributed by atoms with van der Waals surface area (Å²) in [4.78, 5) is 0. The van der Waals surface area contributed by atoms with E-state index in [1.807, 2.05) is 13.8 Å². The van der Waals surface area contributed by atoms with E-state index in [1.54, 1.807) is 0 Å². The average molecular weight is 441 g/mol. The molecule has 4 aliphatic rings. The molecule has 2 nitrogen and oxygen atoms in total. The van der Waals surface area contributed by atoms with E-state index < -0.39 is 17.1 Å². The highest BCUT2D eigenvalue weighted by Gasteiger charge is 2.62. The van der Waals surface area contributed by atoms with Gasteiger partial charge in [0.05, 0.1) is 17.1 Å². The fraction of sp³-hybridized carbons (Fsp3) is 0.867. The summed E-state index contributed by atoms with van der Waals surface area (Å²) in [6, 6.07) is 0. The Bertz CT molecular complexity index is 784. The van der Waals surface area contributed by atoms with Crippen molar-refractivity contribution in [1.82, 2.24) is 0 Å². The van der Waals surface area contributed by atoms with Crippen LogP contribution in [0.5, 0.6) is 0 Å². The largest absolute Gasteiger partial charge is 0.391 e. The second kappa shape index (κ2) is 8.16. The number of rotatable bonds is 5. The molecule has 2 heteroatoms. The lowest BCUT2D eigenvalue weighted by molar-refractivity contribution is -0.0925. The van der Waals surface area contributed by atoms with Gasteiger partial charge in [-0.3, -0.25) is 0 Å². The first-order valence-electron chi connectivity index (χ1n) is 13.5. The minimum atomic E-state index is -0.541. The van der Waals surface area contributed by atoms with Crippen LogP contribution in [-0.4, -0.2) is 21.9 Å². The van der Waals surface area contributed by atoms with Crippen LogP contribution in [0, 0.1) is 58.2 Å². The van der Waals surface area contributed by atoms with E-state index in [1.165, 1.54) is 37.7 Å². The van der Waals surface area contributed by atoms with Crippen molar-refractivity contribution in [2.75, 3.05) is 0 Å². The molecule has 4 aliphatic carbocycles. The molecule has 0 saturated heterocycles. The van der Waals surface area contributed by atoms with Crippen molar-refractivity contribution in [3.05, 3.63) is 11.6 Å². The maximum absolute atomic E-state index is 10.8. The van der Waals surface area contributed by atoms with Gasteiger partial charge < -0.3 is 10.2 Å². The SMILES string of the molecule is C#C[C@@]1(C)C2=CCC3C4CCC([C@H](C)CCCC(C)(C)O)[C@@]4(C)CC[C@@]3(C)C2CC[C@@H]1O. The quantitative estimate of drug-likeness (QED) is 0.366. The fourth-order valence-electron chi connectivity index (χ4n) is 9.16. The molecule has 3 fully saturated rings. The number of terminal acetylenes is 1. The van der Waals surface area contributed by atoms with Crippen LogP contribution in [0.25, 0.3) is 0 Å². The van der Waals surface area contributed by atoms with Gasteiger partial charge >= 0.3 is 0 Å². The lowest BCUT2D eigenvalue weighted by Crippen LogP contribution is -2.55. The summed E-state index contributed by atoms with van der Waals surface area (Å²) in [5.41, 5.74) is 1.14. The van der Waals surface area contributed by atoms with Gasteiger partial charge in [-0.25, -0.2) is 0 Å². The van der Waals surface area contributed by atoms with Crippen LogP contribution in [0.2, 0.25) is 0 Å². The molecule has 0 bridgehead atoms. The first-order chi connectivity index (χ1) is 14.9. The standard InChI is InChI=1S/C30H48O2/c1-8-28(5)22-13-14-24-23-12-11-21(20(2)10-9-17-27(3,4)32)29(23,6)18-19-30(24,7)25(22)15-16-26(28)31/h1,13,20-21,23-26,31-32H,9-12,14-19H2,2-7H3/t20-,21?,23?,24?,25?,26+,28+,29-,30-/m1/s1. The first-order valence-corrected chi connectivity index (χ1v) is 13.5. The van der Waals surface area contributed by atoms with E-state index in [2.05, 4.69) is 39.7 Å². The number of hydrogen-bond acceptors (Lipinski definition) is 2. The van der Waals surface area contributed by atoms with Gasteiger partial charge in [-0.1, -0.05) is 51.2 Å². The highest BCUT2D eigenvalue weighted by Crippen LogP contribution is 2.69. The molecular formula is C30H48O2. The third-order valence-corrected chi connectivity index (χ3v) is 11.2. The van der Waals surface area contributed by atoms with Crippen molar-refractivity contribution in [1.29, 1.82) is 0 Å². The zero-order valence-corrected chi connectivity index (χ0v) is 21.6. The molecule has 0 amide bonds. The van der Waals surface area contributed by atoms with E-state index in [0.29, 0.717) is 16.7 Å². The number of hydrogen-bond donors (Lipinski definition) is 2. The molecule has 0 aromatic rings. The minimum Gasteiger partial charge on any atom is -0.391 e. The third-order valence-electron chi connectivity index (χ3n) is 11.2. The Hall–Kier alpha value is -0.780. The Morgan fingerprint density at radius 2 is 1.78 bits per heavy atom. The van der Waals surface area contributed by atoms with Crippen molar-refractivity contribution >= 4 is 0 Å². The summed E-state index contributed by atoms with van der Waals surface area (Å²) in [6.45, 7) is 13.7. The molecular weight excluding hydrogens is 392 g/mol. The summed E-state index contributed by atoms with van der Waals surface area (Å²) >= 11 is 0.